The number of hydrazine groups is 1. The van der Waals surface area contributed by atoms with Gasteiger partial charge in [-0.05, 0) is 14.0 Å². The zero-order valence-electron chi connectivity index (χ0n) is 14.3. The minimum atomic E-state index is -0.510. The highest BCUT2D eigenvalue weighted by atomic mass is 16.2. The number of piperazine rings is 1. The SMILES string of the molecule is CC1CN(C)CCN1C(=O)C(=O)c1ccc(/C(N)=N/N(C)N)cc1. The quantitative estimate of drug-likeness (QED) is 0.191. The van der Waals surface area contributed by atoms with E-state index in [1.807, 2.05) is 14.0 Å². The molecule has 1 aliphatic rings. The molecule has 1 aromatic carbocycles. The number of amidine groups is 1. The molecule has 0 aliphatic carbocycles. The van der Waals surface area contributed by atoms with Crippen LogP contribution >= 0.6 is 0 Å². The van der Waals surface area contributed by atoms with Crippen molar-refractivity contribution in [2.24, 2.45) is 16.7 Å². The van der Waals surface area contributed by atoms with Gasteiger partial charge in [-0.2, -0.15) is 0 Å². The zero-order chi connectivity index (χ0) is 17.9. The van der Waals surface area contributed by atoms with Crippen LogP contribution in [-0.2, 0) is 4.79 Å². The topological polar surface area (TPSA) is 108 Å². The van der Waals surface area contributed by atoms with E-state index in [0.717, 1.165) is 18.2 Å². The average molecular weight is 332 g/mol. The molecule has 0 bridgehead atoms. The van der Waals surface area contributed by atoms with Crippen molar-refractivity contribution in [2.75, 3.05) is 33.7 Å². The number of hydrazone groups is 1. The summed E-state index contributed by atoms with van der Waals surface area (Å²) >= 11 is 0. The molecule has 1 unspecified atom stereocenters. The Hall–Kier alpha value is -2.45. The van der Waals surface area contributed by atoms with Crippen LogP contribution in [0.5, 0.6) is 0 Å². The van der Waals surface area contributed by atoms with E-state index >= 15 is 0 Å². The van der Waals surface area contributed by atoms with E-state index in [4.69, 9.17) is 11.6 Å². The molecule has 8 heteroatoms. The van der Waals surface area contributed by atoms with Gasteiger partial charge in [-0.1, -0.05) is 24.3 Å². The largest absolute Gasteiger partial charge is 0.382 e. The molecule has 0 spiro atoms. The lowest BCUT2D eigenvalue weighted by atomic mass is 10.1. The number of carbonyl (C=O) groups excluding carboxylic acids is 2. The van der Waals surface area contributed by atoms with Crippen molar-refractivity contribution in [1.29, 1.82) is 0 Å². The van der Waals surface area contributed by atoms with Gasteiger partial charge in [-0.25, -0.2) is 11.0 Å². The molecule has 4 N–H and O–H groups in total. The van der Waals surface area contributed by atoms with Gasteiger partial charge in [0.25, 0.3) is 5.91 Å². The number of hydrogen-bond donors (Lipinski definition) is 2. The molecular formula is C16H24N6O2. The summed E-state index contributed by atoms with van der Waals surface area (Å²) in [6.07, 6.45) is 0. The molecule has 24 heavy (non-hydrogen) atoms. The minimum Gasteiger partial charge on any atom is -0.382 e. The summed E-state index contributed by atoms with van der Waals surface area (Å²) in [6.45, 7) is 4.03. The lowest BCUT2D eigenvalue weighted by Crippen LogP contribution is -2.54. The maximum absolute atomic E-state index is 12.5. The summed E-state index contributed by atoms with van der Waals surface area (Å²) in [4.78, 5) is 28.7. The third kappa shape index (κ3) is 4.09. The van der Waals surface area contributed by atoms with Crippen molar-refractivity contribution in [3.63, 3.8) is 0 Å². The Labute approximate surface area is 141 Å². The molecule has 130 valence electrons. The highest BCUT2D eigenvalue weighted by Gasteiger charge is 2.30. The lowest BCUT2D eigenvalue weighted by molar-refractivity contribution is -0.130. The van der Waals surface area contributed by atoms with Crippen LogP contribution in [0.3, 0.4) is 0 Å². The Bertz CT molecular complexity index is 640. The number of rotatable bonds is 4. The first-order chi connectivity index (χ1) is 11.3. The molecule has 1 amide bonds. The van der Waals surface area contributed by atoms with Crippen LogP contribution in [0.2, 0.25) is 0 Å². The van der Waals surface area contributed by atoms with E-state index in [1.54, 1.807) is 36.2 Å². The molecule has 2 rings (SSSR count). The predicted molar refractivity (Wildman–Crippen MR) is 92.1 cm³/mol. The first-order valence-electron chi connectivity index (χ1n) is 7.76. The summed E-state index contributed by atoms with van der Waals surface area (Å²) in [5.74, 6) is 4.67. The van der Waals surface area contributed by atoms with Crippen molar-refractivity contribution < 1.29 is 9.59 Å². The molecule has 0 aromatic heterocycles. The maximum Gasteiger partial charge on any atom is 0.295 e. The van der Waals surface area contributed by atoms with Crippen LogP contribution in [0, 0.1) is 0 Å². The van der Waals surface area contributed by atoms with Crippen molar-refractivity contribution >= 4 is 17.5 Å². The second-order valence-electron chi connectivity index (χ2n) is 6.08. The number of likely N-dealkylation sites (N-methyl/N-ethyl adjacent to an activating group) is 1. The average Bonchev–Trinajstić information content (AvgIpc) is 2.53. The number of hydrogen-bond acceptors (Lipinski definition) is 6. The second-order valence-corrected chi connectivity index (χ2v) is 6.08. The van der Waals surface area contributed by atoms with E-state index in [-0.39, 0.29) is 11.9 Å². The Morgan fingerprint density at radius 1 is 1.21 bits per heavy atom. The minimum absolute atomic E-state index is 0.0161. The standard InChI is InChI=1S/C16H24N6O2/c1-11-10-20(2)8-9-22(11)16(24)14(23)12-4-6-13(7-5-12)15(17)19-21(3)18/h4-7,11H,8-10,18H2,1-3H3,(H2,17,19). The molecule has 8 nitrogen and oxygen atoms in total. The fraction of sp³-hybridized carbons (Fsp3) is 0.438. The number of ketones is 1. The van der Waals surface area contributed by atoms with Crippen LogP contribution in [-0.4, -0.2) is 72.2 Å². The van der Waals surface area contributed by atoms with Gasteiger partial charge in [0.1, 0.15) is 0 Å². The zero-order valence-corrected chi connectivity index (χ0v) is 14.3. The number of benzene rings is 1. The number of nitrogens with zero attached hydrogens (tertiary/aromatic N) is 4. The highest BCUT2D eigenvalue weighted by molar-refractivity contribution is 6.42. The van der Waals surface area contributed by atoms with E-state index in [0.29, 0.717) is 17.7 Å². The van der Waals surface area contributed by atoms with Crippen molar-refractivity contribution in [1.82, 2.24) is 14.9 Å². The van der Waals surface area contributed by atoms with Crippen LogP contribution in [0.15, 0.2) is 29.4 Å². The van der Waals surface area contributed by atoms with E-state index in [1.165, 1.54) is 0 Å². The number of Topliss-reactive ketones (excluding diaryl/α,β-unsaturated/α-hetero) is 1. The number of nitrogens with two attached hydrogens (primary N) is 2. The normalized spacial score (nSPS) is 19.2. The molecular weight excluding hydrogens is 308 g/mol. The third-order valence-electron chi connectivity index (χ3n) is 3.99. The fourth-order valence-electron chi connectivity index (χ4n) is 2.72. The molecule has 1 atom stereocenters. The van der Waals surface area contributed by atoms with E-state index in [9.17, 15) is 9.59 Å². The van der Waals surface area contributed by atoms with Crippen molar-refractivity contribution in [2.45, 2.75) is 13.0 Å². The van der Waals surface area contributed by atoms with Gasteiger partial charge in [-0.15, -0.1) is 5.10 Å². The van der Waals surface area contributed by atoms with Crippen LogP contribution < -0.4 is 11.6 Å². The van der Waals surface area contributed by atoms with Gasteiger partial charge >= 0.3 is 0 Å². The summed E-state index contributed by atoms with van der Waals surface area (Å²) in [5.41, 5.74) is 6.76. The van der Waals surface area contributed by atoms with Crippen molar-refractivity contribution in [3.8, 4) is 0 Å². The Morgan fingerprint density at radius 2 is 1.79 bits per heavy atom. The molecule has 1 saturated heterocycles. The maximum atomic E-state index is 12.5. The molecule has 1 aromatic rings. The first kappa shape index (κ1) is 17.9. The Morgan fingerprint density at radius 3 is 2.33 bits per heavy atom. The smallest absolute Gasteiger partial charge is 0.295 e. The third-order valence-corrected chi connectivity index (χ3v) is 3.99. The van der Waals surface area contributed by atoms with Gasteiger partial charge in [0.05, 0.1) is 0 Å². The molecule has 1 fully saturated rings. The van der Waals surface area contributed by atoms with Gasteiger partial charge < -0.3 is 15.5 Å². The van der Waals surface area contributed by atoms with Gasteiger partial charge in [0.2, 0.25) is 5.78 Å². The van der Waals surface area contributed by atoms with E-state index in [2.05, 4.69) is 10.0 Å². The second kappa shape index (κ2) is 7.41. The molecule has 1 heterocycles. The lowest BCUT2D eigenvalue weighted by Gasteiger charge is -2.37. The molecule has 0 radical (unpaired) electrons. The van der Waals surface area contributed by atoms with Crippen LogP contribution in [0.4, 0.5) is 0 Å². The van der Waals surface area contributed by atoms with Gasteiger partial charge in [-0.3, -0.25) is 9.59 Å². The summed E-state index contributed by atoms with van der Waals surface area (Å²) in [6, 6.07) is 6.47. The first-order valence-corrected chi connectivity index (χ1v) is 7.76. The monoisotopic (exact) mass is 332 g/mol. The number of amides is 1. The summed E-state index contributed by atoms with van der Waals surface area (Å²) in [5, 5.41) is 4.99. The molecule has 0 saturated carbocycles. The summed E-state index contributed by atoms with van der Waals surface area (Å²) in [7, 11) is 3.56. The van der Waals surface area contributed by atoms with E-state index < -0.39 is 11.7 Å². The number of carbonyl (C=O) groups is 2. The van der Waals surface area contributed by atoms with Gasteiger partial charge in [0, 0.05) is 43.9 Å². The predicted octanol–water partition coefficient (Wildman–Crippen LogP) is -0.542. The van der Waals surface area contributed by atoms with Crippen LogP contribution in [0.1, 0.15) is 22.8 Å². The van der Waals surface area contributed by atoms with Crippen molar-refractivity contribution in [3.05, 3.63) is 35.4 Å². The Kier molecular flexibility index (Phi) is 5.53. The Balaban J connectivity index is 2.11. The molecule has 1 aliphatic heterocycles. The highest BCUT2D eigenvalue weighted by Crippen LogP contribution is 2.12. The van der Waals surface area contributed by atoms with Gasteiger partial charge in [0.15, 0.2) is 5.84 Å². The summed E-state index contributed by atoms with van der Waals surface area (Å²) < 4.78 is 0. The van der Waals surface area contributed by atoms with Crippen LogP contribution in [0.25, 0.3) is 0 Å². The fourth-order valence-corrected chi connectivity index (χ4v) is 2.72.